The highest BCUT2D eigenvalue weighted by atomic mass is 32.2. The fourth-order valence-electron chi connectivity index (χ4n) is 3.59. The van der Waals surface area contributed by atoms with Crippen LogP contribution in [0.5, 0.6) is 0 Å². The monoisotopic (exact) mass is 361 g/mol. The first kappa shape index (κ1) is 16.6. The Labute approximate surface area is 146 Å². The number of pyridine rings is 1. The van der Waals surface area contributed by atoms with Gasteiger partial charge in [-0.2, -0.15) is 5.10 Å². The van der Waals surface area contributed by atoms with E-state index in [1.54, 1.807) is 6.20 Å². The lowest BCUT2D eigenvalue weighted by atomic mass is 9.66. The molecule has 1 aliphatic heterocycles. The number of sulfonamides is 1. The zero-order valence-electron chi connectivity index (χ0n) is 13.9. The van der Waals surface area contributed by atoms with Crippen LogP contribution in [0, 0.1) is 5.92 Å². The predicted octanol–water partition coefficient (Wildman–Crippen LogP) is -0.334. The molecule has 0 aromatic carbocycles. The molecule has 10 heteroatoms. The zero-order valence-corrected chi connectivity index (χ0v) is 14.7. The van der Waals surface area contributed by atoms with Gasteiger partial charge in [-0.25, -0.2) is 18.1 Å². The predicted molar refractivity (Wildman–Crippen MR) is 97.1 cm³/mol. The van der Waals surface area contributed by atoms with E-state index < -0.39 is 17.1 Å². The number of hydrogen-bond acceptors (Lipinski definition) is 6. The molecule has 25 heavy (non-hydrogen) atoms. The summed E-state index contributed by atoms with van der Waals surface area (Å²) in [6.45, 7) is 1.85. The molecule has 0 atom stereocenters. The molecular formula is C15H20BN5O3S. The highest BCUT2D eigenvalue weighted by molar-refractivity contribution is 7.89. The minimum absolute atomic E-state index is 0.0527. The molecule has 0 unspecified atom stereocenters. The number of H-pyrrole nitrogens is 1. The van der Waals surface area contributed by atoms with Crippen molar-refractivity contribution in [1.82, 2.24) is 20.0 Å². The van der Waals surface area contributed by atoms with Gasteiger partial charge in [-0.1, -0.05) is 6.92 Å². The number of aromatic nitrogens is 2. The SMILES string of the molecule is CCCS(=O)(=O)N[C@H]1C[C@H](C2=NNB(O)c3cnc4[nH]ccc4c32)C1. The molecule has 132 valence electrons. The van der Waals surface area contributed by atoms with Crippen LogP contribution in [0.15, 0.2) is 23.6 Å². The first-order valence-corrected chi connectivity index (χ1v) is 10.1. The number of rotatable bonds is 5. The highest BCUT2D eigenvalue weighted by Gasteiger charge is 2.39. The van der Waals surface area contributed by atoms with Gasteiger partial charge < -0.3 is 15.3 Å². The number of fused-ring (bicyclic) bond motifs is 3. The van der Waals surface area contributed by atoms with E-state index in [9.17, 15) is 13.4 Å². The minimum Gasteiger partial charge on any atom is -0.428 e. The van der Waals surface area contributed by atoms with Crippen LogP contribution in [-0.2, 0) is 10.0 Å². The maximum Gasteiger partial charge on any atom is 0.465 e. The normalized spacial score (nSPS) is 23.0. The summed E-state index contributed by atoms with van der Waals surface area (Å²) in [4.78, 5) is 7.40. The molecule has 0 spiro atoms. The second-order valence-corrected chi connectivity index (χ2v) is 8.53. The van der Waals surface area contributed by atoms with Gasteiger partial charge in [0.15, 0.2) is 0 Å². The summed E-state index contributed by atoms with van der Waals surface area (Å²) < 4.78 is 26.6. The summed E-state index contributed by atoms with van der Waals surface area (Å²) in [5.41, 5.74) is 3.21. The number of nitrogens with one attached hydrogen (secondary N) is 3. The van der Waals surface area contributed by atoms with Crippen molar-refractivity contribution in [1.29, 1.82) is 0 Å². The summed E-state index contributed by atoms with van der Waals surface area (Å²) in [7, 11) is -4.09. The first-order chi connectivity index (χ1) is 12.0. The molecule has 0 saturated heterocycles. The van der Waals surface area contributed by atoms with Crippen molar-refractivity contribution in [3.05, 3.63) is 24.0 Å². The Bertz CT molecular complexity index is 936. The summed E-state index contributed by atoms with van der Waals surface area (Å²) in [6, 6.07) is 1.87. The van der Waals surface area contributed by atoms with E-state index >= 15 is 0 Å². The van der Waals surface area contributed by atoms with Crippen LogP contribution in [0.4, 0.5) is 0 Å². The quantitative estimate of drug-likeness (QED) is 0.544. The van der Waals surface area contributed by atoms with Crippen LogP contribution >= 0.6 is 0 Å². The molecule has 1 saturated carbocycles. The molecule has 0 radical (unpaired) electrons. The van der Waals surface area contributed by atoms with Crippen molar-refractivity contribution >= 4 is 39.3 Å². The Morgan fingerprint density at radius 3 is 3.00 bits per heavy atom. The average Bonchev–Trinajstić information content (AvgIpc) is 3.00. The van der Waals surface area contributed by atoms with Crippen LogP contribution in [-0.4, -0.2) is 48.0 Å². The molecule has 2 aromatic rings. The maximum atomic E-state index is 11.9. The molecule has 3 heterocycles. The molecule has 2 aliphatic rings. The lowest BCUT2D eigenvalue weighted by Gasteiger charge is -2.38. The smallest absolute Gasteiger partial charge is 0.428 e. The Morgan fingerprint density at radius 2 is 2.24 bits per heavy atom. The van der Waals surface area contributed by atoms with Gasteiger partial charge in [-0.15, -0.1) is 0 Å². The standard InChI is InChI=1S/C15H20BN5O3S/c1-2-5-25(23,24)20-10-6-9(7-10)14-13-11-3-4-17-15(11)18-8-12(13)16(22)21-19-14/h3-4,8-10,20-22H,2,5-7H2,1H3,(H,17,18)/t9-,10-. The van der Waals surface area contributed by atoms with Crippen molar-refractivity contribution < 1.29 is 13.4 Å². The molecular weight excluding hydrogens is 341 g/mol. The Kier molecular flexibility index (Phi) is 4.05. The maximum absolute atomic E-state index is 11.9. The van der Waals surface area contributed by atoms with Crippen LogP contribution in [0.1, 0.15) is 31.7 Å². The third-order valence-electron chi connectivity index (χ3n) is 4.82. The van der Waals surface area contributed by atoms with Crippen LogP contribution in [0.25, 0.3) is 11.0 Å². The first-order valence-electron chi connectivity index (χ1n) is 8.46. The van der Waals surface area contributed by atoms with E-state index in [1.807, 2.05) is 19.2 Å². The summed E-state index contributed by atoms with van der Waals surface area (Å²) in [5, 5.41) is 18.2. The van der Waals surface area contributed by atoms with Gasteiger partial charge >= 0.3 is 7.05 Å². The zero-order chi connectivity index (χ0) is 17.6. The van der Waals surface area contributed by atoms with E-state index in [4.69, 9.17) is 0 Å². The topological polar surface area (TPSA) is 119 Å². The second kappa shape index (κ2) is 6.12. The van der Waals surface area contributed by atoms with Gasteiger partial charge in [-0.05, 0) is 25.3 Å². The van der Waals surface area contributed by atoms with Crippen molar-refractivity contribution in [2.45, 2.75) is 32.2 Å². The fraction of sp³-hybridized carbons (Fsp3) is 0.467. The van der Waals surface area contributed by atoms with Gasteiger partial charge in [-0.3, -0.25) is 0 Å². The summed E-state index contributed by atoms with van der Waals surface area (Å²) in [6.07, 6.45) is 5.47. The van der Waals surface area contributed by atoms with Crippen molar-refractivity contribution in [2.24, 2.45) is 11.0 Å². The lowest BCUT2D eigenvalue weighted by molar-refractivity contribution is 0.319. The van der Waals surface area contributed by atoms with Gasteiger partial charge in [0.25, 0.3) is 0 Å². The number of aromatic amines is 1. The fourth-order valence-corrected chi connectivity index (χ4v) is 4.94. The summed E-state index contributed by atoms with van der Waals surface area (Å²) in [5.74, 6) is 0.301. The molecule has 2 aromatic heterocycles. The third-order valence-corrected chi connectivity index (χ3v) is 6.46. The van der Waals surface area contributed by atoms with Gasteiger partial charge in [0.2, 0.25) is 10.0 Å². The Hall–Kier alpha value is -1.91. The molecule has 4 rings (SSSR count). The van der Waals surface area contributed by atoms with E-state index in [0.29, 0.717) is 24.7 Å². The van der Waals surface area contributed by atoms with Gasteiger partial charge in [0, 0.05) is 40.8 Å². The molecule has 4 N–H and O–H groups in total. The van der Waals surface area contributed by atoms with Gasteiger partial charge in [0.05, 0.1) is 11.5 Å². The second-order valence-electron chi connectivity index (χ2n) is 6.66. The van der Waals surface area contributed by atoms with E-state index in [0.717, 1.165) is 22.3 Å². The average molecular weight is 361 g/mol. The van der Waals surface area contributed by atoms with E-state index in [2.05, 4.69) is 25.1 Å². The summed E-state index contributed by atoms with van der Waals surface area (Å²) >= 11 is 0. The Balaban J connectivity index is 1.57. The number of hydrazone groups is 1. The Morgan fingerprint density at radius 1 is 1.44 bits per heavy atom. The van der Waals surface area contributed by atoms with Crippen molar-refractivity contribution in [2.75, 3.05) is 5.75 Å². The van der Waals surface area contributed by atoms with E-state index in [-0.39, 0.29) is 17.7 Å². The highest BCUT2D eigenvalue weighted by Crippen LogP contribution is 2.33. The molecule has 1 fully saturated rings. The molecule has 8 nitrogen and oxygen atoms in total. The largest absolute Gasteiger partial charge is 0.465 e. The third kappa shape index (κ3) is 2.94. The van der Waals surface area contributed by atoms with Crippen LogP contribution < -0.4 is 15.5 Å². The van der Waals surface area contributed by atoms with Crippen molar-refractivity contribution in [3.8, 4) is 0 Å². The van der Waals surface area contributed by atoms with Gasteiger partial charge in [0.1, 0.15) is 5.65 Å². The molecule has 1 aliphatic carbocycles. The lowest BCUT2D eigenvalue weighted by Crippen LogP contribution is -2.54. The van der Waals surface area contributed by atoms with Crippen molar-refractivity contribution in [3.63, 3.8) is 0 Å². The van der Waals surface area contributed by atoms with Crippen LogP contribution in [0.3, 0.4) is 0 Å². The number of hydrogen-bond donors (Lipinski definition) is 4. The van der Waals surface area contributed by atoms with Crippen LogP contribution in [0.2, 0.25) is 0 Å². The molecule has 0 amide bonds. The minimum atomic E-state index is -3.20. The molecule has 0 bridgehead atoms. The van der Waals surface area contributed by atoms with E-state index in [1.165, 1.54) is 0 Å². The number of nitrogens with zero attached hydrogens (tertiary/aromatic N) is 2.